The van der Waals surface area contributed by atoms with Crippen molar-refractivity contribution in [1.82, 2.24) is 0 Å². The zero-order valence-electron chi connectivity index (χ0n) is 6.07. The minimum atomic E-state index is -0.495. The highest BCUT2D eigenvalue weighted by atomic mass is 17.2. The summed E-state index contributed by atoms with van der Waals surface area (Å²) >= 11 is 0. The van der Waals surface area contributed by atoms with Gasteiger partial charge in [0, 0.05) is 0 Å². The minimum absolute atomic E-state index is 0.140. The molecule has 5 heteroatoms. The van der Waals surface area contributed by atoms with Crippen molar-refractivity contribution < 1.29 is 24.7 Å². The molecule has 0 aromatic carbocycles. The van der Waals surface area contributed by atoms with E-state index in [4.69, 9.17) is 5.11 Å². The lowest BCUT2D eigenvalue weighted by molar-refractivity contribution is -0.352. The zero-order chi connectivity index (χ0) is 7.82. The molecule has 0 bridgehead atoms. The largest absolute Gasteiger partial charge is 0.393 e. The second kappa shape index (κ2) is 6.91. The van der Waals surface area contributed by atoms with Crippen LogP contribution in [-0.2, 0) is 19.6 Å². The van der Waals surface area contributed by atoms with E-state index in [1.807, 2.05) is 0 Å². The van der Waals surface area contributed by atoms with E-state index in [2.05, 4.69) is 19.6 Å². The van der Waals surface area contributed by atoms with E-state index in [1.54, 1.807) is 0 Å². The average molecular weight is 152 g/mol. The summed E-state index contributed by atoms with van der Waals surface area (Å²) in [5.41, 5.74) is 0. The van der Waals surface area contributed by atoms with Crippen LogP contribution in [0.5, 0.6) is 0 Å². The van der Waals surface area contributed by atoms with Crippen LogP contribution in [0.3, 0.4) is 0 Å². The second-order valence-corrected chi connectivity index (χ2v) is 1.52. The number of hydrogen-bond acceptors (Lipinski definition) is 5. The molecule has 62 valence electrons. The lowest BCUT2D eigenvalue weighted by atomic mass is 10.4. The van der Waals surface area contributed by atoms with Gasteiger partial charge < -0.3 is 5.11 Å². The van der Waals surface area contributed by atoms with Crippen molar-refractivity contribution in [2.75, 3.05) is 27.4 Å². The summed E-state index contributed by atoms with van der Waals surface area (Å²) in [5, 5.41) is 8.54. The molecule has 0 aliphatic heterocycles. The lowest BCUT2D eigenvalue weighted by Crippen LogP contribution is -2.23. The van der Waals surface area contributed by atoms with E-state index in [0.29, 0.717) is 0 Å². The van der Waals surface area contributed by atoms with Gasteiger partial charge in [-0.15, -0.1) is 0 Å². The molecule has 0 aliphatic carbocycles. The zero-order valence-corrected chi connectivity index (χ0v) is 6.07. The third-order valence-corrected chi connectivity index (χ3v) is 0.808. The van der Waals surface area contributed by atoms with Gasteiger partial charge in [-0.25, -0.2) is 19.6 Å². The van der Waals surface area contributed by atoms with Crippen LogP contribution in [0.4, 0.5) is 0 Å². The highest BCUT2D eigenvalue weighted by Crippen LogP contribution is 1.91. The topological polar surface area (TPSA) is 57.2 Å². The first-order chi connectivity index (χ1) is 4.85. The summed E-state index contributed by atoms with van der Waals surface area (Å²) < 4.78 is 0. The highest BCUT2D eigenvalue weighted by Gasteiger charge is 2.07. The predicted molar refractivity (Wildman–Crippen MR) is 31.9 cm³/mol. The van der Waals surface area contributed by atoms with E-state index in [9.17, 15) is 0 Å². The molecule has 0 aromatic heterocycles. The quantitative estimate of drug-likeness (QED) is 0.411. The minimum Gasteiger partial charge on any atom is -0.393 e. The molecule has 0 amide bonds. The van der Waals surface area contributed by atoms with Gasteiger partial charge in [-0.1, -0.05) is 0 Å². The van der Waals surface area contributed by atoms with Gasteiger partial charge in [0.1, 0.15) is 12.7 Å². The Hall–Kier alpha value is -0.200. The summed E-state index contributed by atoms with van der Waals surface area (Å²) in [6.45, 7) is -0.0297. The Balaban J connectivity index is 3.21. The van der Waals surface area contributed by atoms with E-state index in [1.165, 1.54) is 14.2 Å². The molecule has 1 N–H and O–H groups in total. The number of aliphatic hydroxyl groups excluding tert-OH is 1. The molecule has 0 radical (unpaired) electrons. The molecule has 0 rings (SSSR count). The Labute approximate surface area is 59.3 Å². The molecular weight excluding hydrogens is 140 g/mol. The molecule has 1 atom stereocenters. The molecule has 0 aliphatic rings. The predicted octanol–water partition coefficient (Wildman–Crippen LogP) is -0.497. The maximum Gasteiger partial charge on any atom is 0.142 e. The summed E-state index contributed by atoms with van der Waals surface area (Å²) in [6.07, 6.45) is -0.495. The standard InChI is InChI=1S/C5H12O5/c1-7-9-4-5(3-6)10-8-2/h5-6H,3-4H2,1-2H3. The Morgan fingerprint density at radius 1 is 1.30 bits per heavy atom. The molecule has 0 heterocycles. The molecule has 5 nitrogen and oxygen atoms in total. The monoisotopic (exact) mass is 152 g/mol. The van der Waals surface area contributed by atoms with Crippen molar-refractivity contribution in [1.29, 1.82) is 0 Å². The van der Waals surface area contributed by atoms with Crippen LogP contribution in [0.1, 0.15) is 0 Å². The first-order valence-corrected chi connectivity index (χ1v) is 2.81. The molecule has 1 unspecified atom stereocenters. The van der Waals surface area contributed by atoms with Crippen molar-refractivity contribution in [3.05, 3.63) is 0 Å². The van der Waals surface area contributed by atoms with Crippen LogP contribution in [0.15, 0.2) is 0 Å². The Kier molecular flexibility index (Phi) is 6.78. The fourth-order valence-electron chi connectivity index (χ4n) is 0.391. The van der Waals surface area contributed by atoms with E-state index >= 15 is 0 Å². The van der Waals surface area contributed by atoms with Crippen LogP contribution < -0.4 is 0 Å². The van der Waals surface area contributed by atoms with Gasteiger partial charge in [-0.3, -0.25) is 0 Å². The van der Waals surface area contributed by atoms with Gasteiger partial charge in [0.25, 0.3) is 0 Å². The number of hydrogen-bond donors (Lipinski definition) is 1. The van der Waals surface area contributed by atoms with Gasteiger partial charge in [-0.05, 0) is 0 Å². The fourth-order valence-corrected chi connectivity index (χ4v) is 0.391. The number of aliphatic hydroxyl groups is 1. The Morgan fingerprint density at radius 2 is 2.00 bits per heavy atom. The van der Waals surface area contributed by atoms with E-state index in [-0.39, 0.29) is 13.2 Å². The van der Waals surface area contributed by atoms with Crippen LogP contribution in [-0.4, -0.2) is 38.6 Å². The summed E-state index contributed by atoms with van der Waals surface area (Å²) in [4.78, 5) is 17.6. The Morgan fingerprint density at radius 3 is 2.40 bits per heavy atom. The molecule has 0 fully saturated rings. The van der Waals surface area contributed by atoms with Gasteiger partial charge in [0.05, 0.1) is 20.8 Å². The Bertz CT molecular complexity index is 67.1. The molecule has 10 heavy (non-hydrogen) atoms. The van der Waals surface area contributed by atoms with Crippen LogP contribution >= 0.6 is 0 Å². The normalized spacial score (nSPS) is 13.5. The molecule has 0 aromatic rings. The summed E-state index contributed by atoms with van der Waals surface area (Å²) in [7, 11) is 2.73. The summed E-state index contributed by atoms with van der Waals surface area (Å²) in [6, 6.07) is 0. The lowest BCUT2D eigenvalue weighted by Gasteiger charge is -2.10. The van der Waals surface area contributed by atoms with Crippen LogP contribution in [0.2, 0.25) is 0 Å². The highest BCUT2D eigenvalue weighted by molar-refractivity contribution is 4.48. The van der Waals surface area contributed by atoms with Gasteiger partial charge >= 0.3 is 0 Å². The van der Waals surface area contributed by atoms with Gasteiger partial charge in [0.15, 0.2) is 0 Å². The van der Waals surface area contributed by atoms with Gasteiger partial charge in [-0.2, -0.15) is 0 Å². The first-order valence-electron chi connectivity index (χ1n) is 2.81. The third kappa shape index (κ3) is 4.66. The molecular formula is C5H12O5. The van der Waals surface area contributed by atoms with Crippen LogP contribution in [0, 0.1) is 0 Å². The number of rotatable bonds is 6. The average Bonchev–Trinajstić information content (AvgIpc) is 1.98. The molecule has 0 saturated heterocycles. The van der Waals surface area contributed by atoms with E-state index < -0.39 is 6.10 Å². The smallest absolute Gasteiger partial charge is 0.142 e. The first kappa shape index (κ1) is 9.80. The van der Waals surface area contributed by atoms with Gasteiger partial charge in [0.2, 0.25) is 0 Å². The van der Waals surface area contributed by atoms with Crippen molar-refractivity contribution in [3.63, 3.8) is 0 Å². The third-order valence-electron chi connectivity index (χ3n) is 0.808. The fraction of sp³-hybridized carbons (Fsp3) is 1.00. The maximum atomic E-state index is 8.54. The van der Waals surface area contributed by atoms with Crippen molar-refractivity contribution >= 4 is 0 Å². The SMILES string of the molecule is COOCC(CO)OOC. The second-order valence-electron chi connectivity index (χ2n) is 1.52. The molecule has 0 spiro atoms. The summed E-state index contributed by atoms with van der Waals surface area (Å²) in [5.74, 6) is 0. The van der Waals surface area contributed by atoms with Crippen molar-refractivity contribution in [3.8, 4) is 0 Å². The van der Waals surface area contributed by atoms with Crippen LogP contribution in [0.25, 0.3) is 0 Å². The molecule has 0 saturated carbocycles. The van der Waals surface area contributed by atoms with Crippen molar-refractivity contribution in [2.24, 2.45) is 0 Å². The van der Waals surface area contributed by atoms with E-state index in [0.717, 1.165) is 0 Å². The van der Waals surface area contributed by atoms with Crippen molar-refractivity contribution in [2.45, 2.75) is 6.10 Å². The maximum absolute atomic E-state index is 8.54.